The quantitative estimate of drug-likeness (QED) is 0.719. The minimum Gasteiger partial charge on any atom is -0.550 e. The summed E-state index contributed by atoms with van der Waals surface area (Å²) in [7, 11) is 0. The highest BCUT2D eigenvalue weighted by atomic mass is 16.5. The highest BCUT2D eigenvalue weighted by Gasteiger charge is 2.69. The van der Waals surface area contributed by atoms with Gasteiger partial charge < -0.3 is 19.5 Å². The van der Waals surface area contributed by atoms with Crippen molar-refractivity contribution >= 4 is 11.9 Å². The molecule has 2 saturated heterocycles. The number of amides is 1. The van der Waals surface area contributed by atoms with Crippen molar-refractivity contribution in [2.24, 2.45) is 11.8 Å². The fourth-order valence-electron chi connectivity index (χ4n) is 4.75. The summed E-state index contributed by atoms with van der Waals surface area (Å²) in [6.07, 6.45) is 4.41. The smallest absolute Gasteiger partial charge is 0.230 e. The van der Waals surface area contributed by atoms with Gasteiger partial charge in [-0.25, -0.2) is 0 Å². The predicted octanol–water partition coefficient (Wildman–Crippen LogP) is 1.10. The molecule has 0 radical (unpaired) electrons. The molecule has 26 heavy (non-hydrogen) atoms. The van der Waals surface area contributed by atoms with Crippen LogP contribution in [-0.4, -0.2) is 41.1 Å². The first-order chi connectivity index (χ1) is 12.4. The number of likely N-dealkylation sites (tertiary alicyclic amines) is 1. The normalized spacial score (nSPS) is 34.3. The van der Waals surface area contributed by atoms with Crippen LogP contribution in [0.5, 0.6) is 0 Å². The van der Waals surface area contributed by atoms with Crippen molar-refractivity contribution in [1.29, 1.82) is 0 Å². The van der Waals surface area contributed by atoms with Gasteiger partial charge in [-0.2, -0.15) is 0 Å². The molecular formula is C21H22NO4-. The van der Waals surface area contributed by atoms with Crippen LogP contribution in [0.25, 0.3) is 0 Å². The first kappa shape index (κ1) is 17.0. The molecule has 5 nitrogen and oxygen atoms in total. The minimum absolute atomic E-state index is 0.145. The van der Waals surface area contributed by atoms with E-state index in [2.05, 4.69) is 6.58 Å². The minimum atomic E-state index is -1.21. The van der Waals surface area contributed by atoms with Crippen LogP contribution in [0.1, 0.15) is 18.9 Å². The number of ether oxygens (including phenoxy) is 1. The highest BCUT2D eigenvalue weighted by molar-refractivity contribution is 5.91. The van der Waals surface area contributed by atoms with Crippen LogP contribution in [0.2, 0.25) is 0 Å². The Morgan fingerprint density at radius 1 is 1.35 bits per heavy atom. The Morgan fingerprint density at radius 3 is 2.73 bits per heavy atom. The lowest BCUT2D eigenvalue weighted by atomic mass is 9.74. The fourth-order valence-corrected chi connectivity index (χ4v) is 4.75. The lowest BCUT2D eigenvalue weighted by molar-refractivity contribution is -0.313. The molecule has 5 atom stereocenters. The predicted molar refractivity (Wildman–Crippen MR) is 93.8 cm³/mol. The molecule has 3 aliphatic heterocycles. The van der Waals surface area contributed by atoms with Gasteiger partial charge in [-0.1, -0.05) is 48.1 Å². The van der Waals surface area contributed by atoms with Crippen molar-refractivity contribution in [1.82, 2.24) is 4.90 Å². The molecule has 0 saturated carbocycles. The average molecular weight is 352 g/mol. The molecule has 1 aromatic rings. The molecule has 1 spiro atoms. The van der Waals surface area contributed by atoms with E-state index < -0.39 is 29.5 Å². The van der Waals surface area contributed by atoms with E-state index in [1.807, 2.05) is 43.3 Å². The molecule has 0 unspecified atom stereocenters. The Hall–Kier alpha value is -2.40. The van der Waals surface area contributed by atoms with Crippen molar-refractivity contribution in [2.45, 2.75) is 37.5 Å². The highest BCUT2D eigenvalue weighted by Crippen LogP contribution is 2.55. The molecule has 3 heterocycles. The molecule has 0 aliphatic carbocycles. The van der Waals surface area contributed by atoms with Crippen molar-refractivity contribution in [2.75, 3.05) is 6.54 Å². The lowest BCUT2D eigenvalue weighted by Gasteiger charge is -2.33. The van der Waals surface area contributed by atoms with Crippen LogP contribution < -0.4 is 5.11 Å². The van der Waals surface area contributed by atoms with Gasteiger partial charge in [0, 0.05) is 18.4 Å². The fraction of sp³-hybridized carbons (Fsp3) is 0.429. The summed E-state index contributed by atoms with van der Waals surface area (Å²) in [6.45, 7) is 6.45. The standard InChI is InChI=1S/C21H23NO4/c1-13(2)12-16-21-10-8-15(26-21)17(20(24)25)18(21)19(23)22(16)11-9-14-6-4-3-5-7-14/h3-8,10,15-18H,1,9,11-12H2,2H3,(H,24,25)/p-1/t15-,16+,17-,18-,21-/m1/s1. The zero-order chi connectivity index (χ0) is 18.5. The van der Waals surface area contributed by atoms with Gasteiger partial charge in [-0.05, 0) is 25.3 Å². The maximum absolute atomic E-state index is 13.2. The Morgan fingerprint density at radius 2 is 2.08 bits per heavy atom. The summed E-state index contributed by atoms with van der Waals surface area (Å²) in [4.78, 5) is 26.7. The molecule has 136 valence electrons. The Labute approximate surface area is 152 Å². The van der Waals surface area contributed by atoms with E-state index in [-0.39, 0.29) is 11.9 Å². The maximum atomic E-state index is 13.2. The Bertz CT molecular complexity index is 786. The van der Waals surface area contributed by atoms with E-state index in [1.165, 1.54) is 0 Å². The number of carbonyl (C=O) groups excluding carboxylic acids is 2. The number of benzene rings is 1. The zero-order valence-corrected chi connectivity index (χ0v) is 14.8. The zero-order valence-electron chi connectivity index (χ0n) is 14.8. The number of rotatable bonds is 6. The number of carbonyl (C=O) groups is 2. The van der Waals surface area contributed by atoms with E-state index in [0.29, 0.717) is 19.4 Å². The summed E-state index contributed by atoms with van der Waals surface area (Å²) in [6, 6.07) is 9.73. The monoisotopic (exact) mass is 352 g/mol. The number of aliphatic carboxylic acids is 1. The van der Waals surface area contributed by atoms with Gasteiger partial charge in [0.2, 0.25) is 5.91 Å². The van der Waals surface area contributed by atoms with E-state index in [0.717, 1.165) is 11.1 Å². The molecular weight excluding hydrogens is 330 g/mol. The van der Waals surface area contributed by atoms with Gasteiger partial charge in [-0.3, -0.25) is 4.79 Å². The maximum Gasteiger partial charge on any atom is 0.230 e. The van der Waals surface area contributed by atoms with Crippen molar-refractivity contribution < 1.29 is 19.4 Å². The number of hydrogen-bond donors (Lipinski definition) is 0. The summed E-state index contributed by atoms with van der Waals surface area (Å²) >= 11 is 0. The number of carboxylic acid groups (broad SMARTS) is 1. The Balaban J connectivity index is 1.65. The van der Waals surface area contributed by atoms with E-state index in [1.54, 1.807) is 11.0 Å². The second-order valence-corrected chi connectivity index (χ2v) is 7.56. The third-order valence-electron chi connectivity index (χ3n) is 5.83. The van der Waals surface area contributed by atoms with Gasteiger partial charge >= 0.3 is 0 Å². The molecule has 4 rings (SSSR count). The summed E-state index contributed by atoms with van der Waals surface area (Å²) in [5.74, 6) is -2.98. The largest absolute Gasteiger partial charge is 0.550 e. The Kier molecular flexibility index (Phi) is 3.99. The summed E-state index contributed by atoms with van der Waals surface area (Å²) in [5.41, 5.74) is 1.21. The summed E-state index contributed by atoms with van der Waals surface area (Å²) < 4.78 is 6.09. The van der Waals surface area contributed by atoms with E-state index in [9.17, 15) is 14.7 Å². The number of nitrogens with zero attached hydrogens (tertiary/aromatic N) is 1. The second kappa shape index (κ2) is 6.09. The SMILES string of the molecule is C=C(C)C[C@@H]1N(CCc2ccccc2)C(=O)[C@H]2[C@H](C(=O)[O-])[C@H]3C=C[C@@]12O3. The van der Waals surface area contributed by atoms with Gasteiger partial charge in [0.25, 0.3) is 0 Å². The van der Waals surface area contributed by atoms with Crippen molar-refractivity contribution in [3.8, 4) is 0 Å². The summed E-state index contributed by atoms with van der Waals surface area (Å²) in [5, 5.41) is 11.7. The molecule has 1 aromatic carbocycles. The van der Waals surface area contributed by atoms with E-state index in [4.69, 9.17) is 4.74 Å². The first-order valence-electron chi connectivity index (χ1n) is 9.01. The third kappa shape index (κ3) is 2.42. The third-order valence-corrected chi connectivity index (χ3v) is 5.83. The van der Waals surface area contributed by atoms with E-state index >= 15 is 0 Å². The topological polar surface area (TPSA) is 69.7 Å². The molecule has 0 N–H and O–H groups in total. The van der Waals surface area contributed by atoms with Gasteiger partial charge in [0.05, 0.1) is 18.1 Å². The second-order valence-electron chi connectivity index (χ2n) is 7.56. The molecule has 2 bridgehead atoms. The molecule has 0 aromatic heterocycles. The molecule has 3 aliphatic rings. The first-order valence-corrected chi connectivity index (χ1v) is 9.01. The van der Waals surface area contributed by atoms with Crippen LogP contribution in [0.15, 0.2) is 54.6 Å². The molecule has 2 fully saturated rings. The molecule has 1 amide bonds. The van der Waals surface area contributed by atoms with Crippen LogP contribution in [0.4, 0.5) is 0 Å². The van der Waals surface area contributed by atoms with Crippen LogP contribution >= 0.6 is 0 Å². The van der Waals surface area contributed by atoms with Gasteiger partial charge in [0.15, 0.2) is 0 Å². The van der Waals surface area contributed by atoms with Gasteiger partial charge in [0.1, 0.15) is 5.60 Å². The van der Waals surface area contributed by atoms with Crippen molar-refractivity contribution in [3.63, 3.8) is 0 Å². The average Bonchev–Trinajstić information content (AvgIpc) is 3.24. The van der Waals surface area contributed by atoms with Crippen molar-refractivity contribution in [3.05, 3.63) is 60.2 Å². The van der Waals surface area contributed by atoms with Crippen LogP contribution in [0, 0.1) is 11.8 Å². The van der Waals surface area contributed by atoms with Gasteiger partial charge in [-0.15, -0.1) is 6.58 Å². The molecule has 5 heteroatoms. The van der Waals surface area contributed by atoms with Crippen LogP contribution in [0.3, 0.4) is 0 Å². The number of fused-ring (bicyclic) bond motifs is 1. The number of hydrogen-bond acceptors (Lipinski definition) is 4. The van der Waals surface area contributed by atoms with Crippen LogP contribution in [-0.2, 0) is 20.7 Å². The lowest BCUT2D eigenvalue weighted by Crippen LogP contribution is -2.46. The number of carboxylic acids is 1.